The van der Waals surface area contributed by atoms with Crippen molar-refractivity contribution in [3.8, 4) is 11.5 Å². The molecule has 0 unspecified atom stereocenters. The van der Waals surface area contributed by atoms with Crippen LogP contribution in [0.1, 0.15) is 23.7 Å². The second kappa shape index (κ2) is 8.39. The van der Waals surface area contributed by atoms with E-state index in [0.29, 0.717) is 39.9 Å². The summed E-state index contributed by atoms with van der Waals surface area (Å²) in [5.74, 6) is 0.493. The number of anilines is 2. The van der Waals surface area contributed by atoms with E-state index in [1.165, 1.54) is 14.2 Å². The molecular formula is C18H19ClN2O4. The summed E-state index contributed by atoms with van der Waals surface area (Å²) in [5.41, 5.74) is 1.34. The fraction of sp³-hybridized carbons (Fsp3) is 0.222. The van der Waals surface area contributed by atoms with Gasteiger partial charge in [0.1, 0.15) is 0 Å². The maximum absolute atomic E-state index is 12.5. The van der Waals surface area contributed by atoms with Crippen molar-refractivity contribution >= 4 is 34.8 Å². The first-order chi connectivity index (χ1) is 12.0. The van der Waals surface area contributed by atoms with Crippen LogP contribution in [0, 0.1) is 0 Å². The number of halogens is 1. The van der Waals surface area contributed by atoms with Gasteiger partial charge in [-0.1, -0.05) is 18.5 Å². The molecule has 0 aliphatic heterocycles. The van der Waals surface area contributed by atoms with Crippen molar-refractivity contribution in [3.63, 3.8) is 0 Å². The number of hydrogen-bond donors (Lipinski definition) is 2. The lowest BCUT2D eigenvalue weighted by atomic mass is 10.1. The minimum Gasteiger partial charge on any atom is -0.493 e. The van der Waals surface area contributed by atoms with Gasteiger partial charge in [-0.05, 0) is 36.4 Å². The van der Waals surface area contributed by atoms with Crippen molar-refractivity contribution in [2.75, 3.05) is 24.9 Å². The predicted molar refractivity (Wildman–Crippen MR) is 97.9 cm³/mol. The molecule has 0 fully saturated rings. The van der Waals surface area contributed by atoms with Crippen LogP contribution < -0.4 is 20.1 Å². The smallest absolute Gasteiger partial charge is 0.255 e. The van der Waals surface area contributed by atoms with Gasteiger partial charge < -0.3 is 20.1 Å². The lowest BCUT2D eigenvalue weighted by Gasteiger charge is -2.12. The van der Waals surface area contributed by atoms with Crippen LogP contribution in [0.4, 0.5) is 11.4 Å². The first kappa shape index (κ1) is 18.6. The topological polar surface area (TPSA) is 76.7 Å². The zero-order valence-corrected chi connectivity index (χ0v) is 14.9. The van der Waals surface area contributed by atoms with Gasteiger partial charge in [-0.2, -0.15) is 0 Å². The second-order valence-corrected chi connectivity index (χ2v) is 5.53. The lowest BCUT2D eigenvalue weighted by Crippen LogP contribution is -2.14. The number of benzene rings is 2. The van der Waals surface area contributed by atoms with Crippen LogP contribution in [0.3, 0.4) is 0 Å². The predicted octanol–water partition coefficient (Wildman–Crippen LogP) is 3.96. The highest BCUT2D eigenvalue weighted by molar-refractivity contribution is 6.34. The van der Waals surface area contributed by atoms with Gasteiger partial charge in [0.2, 0.25) is 5.91 Å². The van der Waals surface area contributed by atoms with Crippen LogP contribution in [-0.4, -0.2) is 26.0 Å². The molecule has 2 aromatic carbocycles. The maximum atomic E-state index is 12.5. The van der Waals surface area contributed by atoms with Gasteiger partial charge in [0.25, 0.3) is 5.91 Å². The Kier molecular flexibility index (Phi) is 6.25. The molecule has 132 valence electrons. The third-order valence-corrected chi connectivity index (χ3v) is 3.79. The van der Waals surface area contributed by atoms with Crippen molar-refractivity contribution in [3.05, 3.63) is 47.0 Å². The van der Waals surface area contributed by atoms with Gasteiger partial charge in [0.15, 0.2) is 11.5 Å². The van der Waals surface area contributed by atoms with Crippen molar-refractivity contribution < 1.29 is 19.1 Å². The Bertz CT molecular complexity index is 793. The fourth-order valence-corrected chi connectivity index (χ4v) is 2.28. The summed E-state index contributed by atoms with van der Waals surface area (Å²) >= 11 is 6.13. The van der Waals surface area contributed by atoms with Crippen molar-refractivity contribution in [1.29, 1.82) is 0 Å². The van der Waals surface area contributed by atoms with Crippen LogP contribution in [0.2, 0.25) is 5.02 Å². The number of amides is 2. The molecule has 0 aromatic heterocycles. The molecule has 2 rings (SSSR count). The Morgan fingerprint density at radius 1 is 1.00 bits per heavy atom. The third kappa shape index (κ3) is 4.64. The van der Waals surface area contributed by atoms with Crippen molar-refractivity contribution in [2.45, 2.75) is 13.3 Å². The van der Waals surface area contributed by atoms with E-state index in [4.69, 9.17) is 21.1 Å². The molecule has 0 radical (unpaired) electrons. The van der Waals surface area contributed by atoms with E-state index in [2.05, 4.69) is 10.6 Å². The van der Waals surface area contributed by atoms with E-state index in [1.54, 1.807) is 43.3 Å². The normalized spacial score (nSPS) is 10.1. The monoisotopic (exact) mass is 362 g/mol. The Labute approximate surface area is 151 Å². The van der Waals surface area contributed by atoms with Crippen LogP contribution in [0.5, 0.6) is 11.5 Å². The van der Waals surface area contributed by atoms with Gasteiger partial charge in [-0.3, -0.25) is 9.59 Å². The van der Waals surface area contributed by atoms with Gasteiger partial charge in [0, 0.05) is 17.7 Å². The molecule has 0 saturated carbocycles. The summed E-state index contributed by atoms with van der Waals surface area (Å²) in [5, 5.41) is 5.81. The molecular weight excluding hydrogens is 344 g/mol. The maximum Gasteiger partial charge on any atom is 0.255 e. The molecule has 0 atom stereocenters. The molecule has 2 amide bonds. The van der Waals surface area contributed by atoms with Crippen molar-refractivity contribution in [2.24, 2.45) is 0 Å². The molecule has 6 nitrogen and oxygen atoms in total. The zero-order chi connectivity index (χ0) is 18.4. The average Bonchev–Trinajstić information content (AvgIpc) is 2.63. The highest BCUT2D eigenvalue weighted by Gasteiger charge is 2.13. The van der Waals surface area contributed by atoms with Gasteiger partial charge in [-0.15, -0.1) is 0 Å². The quantitative estimate of drug-likeness (QED) is 0.815. The first-order valence-corrected chi connectivity index (χ1v) is 7.99. The molecule has 0 saturated heterocycles. The van der Waals surface area contributed by atoms with Gasteiger partial charge in [-0.25, -0.2) is 0 Å². The van der Waals surface area contributed by atoms with Crippen molar-refractivity contribution in [1.82, 2.24) is 0 Å². The largest absolute Gasteiger partial charge is 0.493 e. The minimum absolute atomic E-state index is 0.125. The summed E-state index contributed by atoms with van der Waals surface area (Å²) in [6.07, 6.45) is 0.357. The van der Waals surface area contributed by atoms with E-state index in [1.807, 2.05) is 0 Å². The van der Waals surface area contributed by atoms with E-state index in [-0.39, 0.29) is 11.8 Å². The summed E-state index contributed by atoms with van der Waals surface area (Å²) in [6.45, 7) is 1.75. The minimum atomic E-state index is -0.359. The van der Waals surface area contributed by atoms with E-state index >= 15 is 0 Å². The number of nitrogens with one attached hydrogen (secondary N) is 2. The molecule has 0 heterocycles. The number of carbonyl (C=O) groups excluding carboxylic acids is 2. The molecule has 0 aliphatic carbocycles. The highest BCUT2D eigenvalue weighted by atomic mass is 35.5. The van der Waals surface area contributed by atoms with Crippen LogP contribution in [0.15, 0.2) is 36.4 Å². The molecule has 25 heavy (non-hydrogen) atoms. The Hall–Kier alpha value is -2.73. The molecule has 7 heteroatoms. The summed E-state index contributed by atoms with van der Waals surface area (Å²) in [7, 11) is 3.02. The summed E-state index contributed by atoms with van der Waals surface area (Å²) in [4.78, 5) is 24.0. The number of hydrogen-bond acceptors (Lipinski definition) is 4. The second-order valence-electron chi connectivity index (χ2n) is 5.12. The SMILES string of the molecule is CCC(=O)Nc1ccc(Cl)c(NC(=O)c2ccc(OC)c(OC)c2)c1. The average molecular weight is 363 g/mol. The first-order valence-electron chi connectivity index (χ1n) is 7.61. The highest BCUT2D eigenvalue weighted by Crippen LogP contribution is 2.29. The molecule has 0 bridgehead atoms. The third-order valence-electron chi connectivity index (χ3n) is 3.47. The van der Waals surface area contributed by atoms with Crippen LogP contribution >= 0.6 is 11.6 Å². The Balaban J connectivity index is 2.22. The zero-order valence-electron chi connectivity index (χ0n) is 14.2. The van der Waals surface area contributed by atoms with Crippen LogP contribution in [0.25, 0.3) is 0 Å². The van der Waals surface area contributed by atoms with Gasteiger partial charge >= 0.3 is 0 Å². The Morgan fingerprint density at radius 3 is 2.36 bits per heavy atom. The van der Waals surface area contributed by atoms with E-state index in [0.717, 1.165) is 0 Å². The fourth-order valence-electron chi connectivity index (χ4n) is 2.12. The summed E-state index contributed by atoms with van der Waals surface area (Å²) < 4.78 is 10.4. The molecule has 0 spiro atoms. The summed E-state index contributed by atoms with van der Waals surface area (Å²) in [6, 6.07) is 9.72. The molecule has 2 N–H and O–H groups in total. The lowest BCUT2D eigenvalue weighted by molar-refractivity contribution is -0.115. The standard InChI is InChI=1S/C18H19ClN2O4/c1-4-17(22)20-12-6-7-13(19)14(10-12)21-18(23)11-5-8-15(24-2)16(9-11)25-3/h5-10H,4H2,1-3H3,(H,20,22)(H,21,23). The number of methoxy groups -OCH3 is 2. The van der Waals surface area contributed by atoms with Gasteiger partial charge in [0.05, 0.1) is 24.9 Å². The van der Waals surface area contributed by atoms with E-state index < -0.39 is 0 Å². The Morgan fingerprint density at radius 2 is 1.72 bits per heavy atom. The number of rotatable bonds is 6. The molecule has 2 aromatic rings. The number of carbonyl (C=O) groups is 2. The van der Waals surface area contributed by atoms with Crippen LogP contribution in [-0.2, 0) is 4.79 Å². The van der Waals surface area contributed by atoms with E-state index in [9.17, 15) is 9.59 Å². The molecule has 0 aliphatic rings. The number of ether oxygens (including phenoxy) is 2.